The lowest BCUT2D eigenvalue weighted by Gasteiger charge is -2.36. The summed E-state index contributed by atoms with van der Waals surface area (Å²) in [6, 6.07) is 29.3. The van der Waals surface area contributed by atoms with E-state index in [1.807, 2.05) is 36.4 Å². The van der Waals surface area contributed by atoms with Crippen molar-refractivity contribution in [2.24, 2.45) is 0 Å². The van der Waals surface area contributed by atoms with Crippen LogP contribution in [0.2, 0.25) is 0 Å². The zero-order valence-corrected chi connectivity index (χ0v) is 37.0. The minimum Gasteiger partial charge on any atom is -0.497 e. The Kier molecular flexibility index (Phi) is 15.6. The van der Waals surface area contributed by atoms with E-state index in [1.165, 1.54) is 40.0 Å². The fourth-order valence-electron chi connectivity index (χ4n) is 7.47. The highest BCUT2D eigenvalue weighted by molar-refractivity contribution is 6.02. The molecule has 3 heterocycles. The van der Waals surface area contributed by atoms with E-state index in [4.69, 9.17) is 14.2 Å². The Morgan fingerprint density at radius 2 is 1.57 bits per heavy atom. The number of rotatable bonds is 17. The maximum atomic E-state index is 15.2. The van der Waals surface area contributed by atoms with E-state index in [0.29, 0.717) is 33.3 Å². The van der Waals surface area contributed by atoms with Gasteiger partial charge >= 0.3 is 6.09 Å². The molecular formula is C49H49FN8O9. The van der Waals surface area contributed by atoms with Crippen LogP contribution in [0.5, 0.6) is 5.75 Å². The van der Waals surface area contributed by atoms with Gasteiger partial charge in [0.05, 0.1) is 42.7 Å². The molecular weight excluding hydrogens is 864 g/mol. The van der Waals surface area contributed by atoms with Gasteiger partial charge in [-0.1, -0.05) is 66.7 Å². The molecule has 7 rings (SSSR count). The number of H-pyrrole nitrogens is 1. The third-order valence-corrected chi connectivity index (χ3v) is 11.0. The topological polar surface area (TPSA) is 205 Å². The molecule has 5 amide bonds. The number of benzene rings is 4. The summed E-state index contributed by atoms with van der Waals surface area (Å²) < 4.78 is 31.8. The summed E-state index contributed by atoms with van der Waals surface area (Å²) in [4.78, 5) is 86.7. The molecule has 0 bridgehead atoms. The second kappa shape index (κ2) is 22.3. The molecule has 6 aromatic rings. The molecule has 1 saturated heterocycles. The summed E-state index contributed by atoms with van der Waals surface area (Å²) in [7, 11) is 1.56. The number of fused-ring (bicyclic) bond motifs is 1. The van der Waals surface area contributed by atoms with Crippen molar-refractivity contribution in [3.8, 4) is 16.9 Å². The Morgan fingerprint density at radius 1 is 0.821 bits per heavy atom. The highest BCUT2D eigenvalue weighted by Gasteiger charge is 2.29. The number of anilines is 1. The number of methoxy groups -OCH3 is 1. The lowest BCUT2D eigenvalue weighted by molar-refractivity contribution is -0.133. The first-order valence-corrected chi connectivity index (χ1v) is 21.5. The van der Waals surface area contributed by atoms with Crippen molar-refractivity contribution in [2.45, 2.75) is 20.0 Å². The first kappa shape index (κ1) is 47.0. The summed E-state index contributed by atoms with van der Waals surface area (Å²) in [5.74, 6) is -1.90. The molecule has 17 nitrogen and oxygen atoms in total. The van der Waals surface area contributed by atoms with Gasteiger partial charge in [0.25, 0.3) is 17.4 Å². The number of piperazine rings is 1. The van der Waals surface area contributed by atoms with Gasteiger partial charge in [-0.3, -0.25) is 28.9 Å². The third-order valence-electron chi connectivity index (χ3n) is 11.0. The lowest BCUT2D eigenvalue weighted by atomic mass is 10.0. The number of hydrogen-bond donors (Lipinski definition) is 3. The van der Waals surface area contributed by atoms with Gasteiger partial charge in [0, 0.05) is 69.8 Å². The lowest BCUT2D eigenvalue weighted by Crippen LogP contribution is -2.53. The second-order valence-electron chi connectivity index (χ2n) is 15.6. The molecule has 346 valence electrons. The molecule has 4 aromatic carbocycles. The van der Waals surface area contributed by atoms with E-state index in [9.17, 15) is 28.8 Å². The van der Waals surface area contributed by atoms with E-state index < -0.39 is 23.7 Å². The van der Waals surface area contributed by atoms with Crippen LogP contribution in [0.15, 0.2) is 114 Å². The van der Waals surface area contributed by atoms with Crippen molar-refractivity contribution >= 4 is 46.2 Å². The number of nitrogens with zero attached hydrogens (tertiary/aromatic N) is 5. The molecule has 3 N–H and O–H groups in total. The number of carbonyl (C=O) groups excluding carboxylic acids is 5. The van der Waals surface area contributed by atoms with E-state index in [0.717, 1.165) is 11.1 Å². The van der Waals surface area contributed by atoms with Crippen LogP contribution in [0.3, 0.4) is 0 Å². The van der Waals surface area contributed by atoms with Gasteiger partial charge in [-0.2, -0.15) is 5.10 Å². The summed E-state index contributed by atoms with van der Waals surface area (Å²) in [5.41, 5.74) is 3.17. The molecule has 18 heteroatoms. The van der Waals surface area contributed by atoms with E-state index in [2.05, 4.69) is 25.8 Å². The molecule has 2 aromatic heterocycles. The number of halogens is 1. The van der Waals surface area contributed by atoms with Crippen molar-refractivity contribution in [1.82, 2.24) is 35.2 Å². The average Bonchev–Trinajstić information content (AvgIpc) is 3.35. The van der Waals surface area contributed by atoms with Crippen molar-refractivity contribution in [3.05, 3.63) is 154 Å². The van der Waals surface area contributed by atoms with Gasteiger partial charge < -0.3 is 34.6 Å². The molecule has 0 aliphatic carbocycles. The maximum absolute atomic E-state index is 15.2. The van der Waals surface area contributed by atoms with Crippen LogP contribution in [0, 0.1) is 5.82 Å². The Balaban J connectivity index is 0.921. The smallest absolute Gasteiger partial charge is 0.410 e. The van der Waals surface area contributed by atoms with Gasteiger partial charge in [0.15, 0.2) is 5.69 Å². The van der Waals surface area contributed by atoms with Crippen molar-refractivity contribution in [2.75, 3.05) is 71.5 Å². The predicted molar refractivity (Wildman–Crippen MR) is 246 cm³/mol. The fourth-order valence-corrected chi connectivity index (χ4v) is 7.47. The summed E-state index contributed by atoms with van der Waals surface area (Å²) in [6.45, 7) is 1.59. The number of aromatic nitrogens is 3. The molecule has 0 atom stereocenters. The van der Waals surface area contributed by atoms with Crippen LogP contribution in [-0.2, 0) is 32.1 Å². The maximum Gasteiger partial charge on any atom is 0.410 e. The van der Waals surface area contributed by atoms with Crippen LogP contribution in [0.1, 0.15) is 44.6 Å². The Morgan fingerprint density at radius 3 is 2.33 bits per heavy atom. The Bertz CT molecular complexity index is 2820. The standard InChI is InChI=1S/C49H49FN8O9/c1-32(59)53-43-28-36(35-11-8-12-37(27-35)65-2)29-52-45(43)47(62)51-17-23-66-24-22-58(49(64)67-31-33-9-4-3-5-10-33)30-44(60)56-18-20-57(21-19-56)48(63)40-25-34(15-16-41(40)50)26-42-38-13-6-7-14-39(38)46(61)55-54-42/h3-16,25,27-29H,17-24,26,30-31H2,1-2H3,(H,51,62)(H,53,59)(H,55,61). The highest BCUT2D eigenvalue weighted by Crippen LogP contribution is 2.27. The van der Waals surface area contributed by atoms with Gasteiger partial charge in [0.1, 0.15) is 24.7 Å². The predicted octanol–water partition coefficient (Wildman–Crippen LogP) is 5.05. The first-order chi connectivity index (χ1) is 32.5. The van der Waals surface area contributed by atoms with Crippen LogP contribution >= 0.6 is 0 Å². The fraction of sp³-hybridized carbons (Fsp3) is 0.265. The number of hydrogen-bond acceptors (Lipinski definition) is 11. The number of nitrogens with one attached hydrogen (secondary N) is 3. The SMILES string of the molecule is COc1cccc(-c2cnc(C(=O)NCCOCCN(CC(=O)N3CCN(C(=O)c4cc(Cc5n[nH]c(=O)c6ccccc56)ccc4F)CC3)C(=O)OCc3ccccc3)c(NC(C)=O)c2)c1. The average molecular weight is 913 g/mol. The number of pyridine rings is 1. The van der Waals surface area contributed by atoms with Gasteiger partial charge in [-0.05, 0) is 53.1 Å². The van der Waals surface area contributed by atoms with Crippen LogP contribution in [0.25, 0.3) is 21.9 Å². The van der Waals surface area contributed by atoms with Crippen LogP contribution < -0.4 is 20.9 Å². The molecule has 1 aliphatic heterocycles. The highest BCUT2D eigenvalue weighted by atomic mass is 19.1. The van der Waals surface area contributed by atoms with Crippen molar-refractivity contribution in [1.29, 1.82) is 0 Å². The molecule has 1 aliphatic rings. The zero-order chi connectivity index (χ0) is 47.3. The van der Waals surface area contributed by atoms with Crippen LogP contribution in [-0.4, -0.2) is 126 Å². The minimum atomic E-state index is -0.739. The first-order valence-electron chi connectivity index (χ1n) is 21.5. The molecule has 67 heavy (non-hydrogen) atoms. The number of carbonyl (C=O) groups is 5. The molecule has 0 unspecified atom stereocenters. The number of amides is 5. The van der Waals surface area contributed by atoms with Crippen molar-refractivity contribution < 1.29 is 42.6 Å². The molecule has 0 saturated carbocycles. The number of ether oxygens (including phenoxy) is 3. The largest absolute Gasteiger partial charge is 0.497 e. The Hall–Kier alpha value is -7.99. The second-order valence-corrected chi connectivity index (χ2v) is 15.6. The van der Waals surface area contributed by atoms with Crippen LogP contribution in [0.4, 0.5) is 14.9 Å². The Labute approximate surface area is 384 Å². The monoisotopic (exact) mass is 912 g/mol. The van der Waals surface area contributed by atoms with Crippen molar-refractivity contribution in [3.63, 3.8) is 0 Å². The summed E-state index contributed by atoms with van der Waals surface area (Å²) in [6.07, 6.45) is 1.03. The van der Waals surface area contributed by atoms with Gasteiger partial charge in [-0.15, -0.1) is 0 Å². The third kappa shape index (κ3) is 12.2. The molecule has 1 fully saturated rings. The van der Waals surface area contributed by atoms with Gasteiger partial charge in [-0.25, -0.2) is 19.3 Å². The quantitative estimate of drug-likeness (QED) is 0.103. The summed E-state index contributed by atoms with van der Waals surface area (Å²) in [5, 5.41) is 13.2. The zero-order valence-electron chi connectivity index (χ0n) is 37.0. The van der Waals surface area contributed by atoms with E-state index in [1.54, 1.807) is 61.7 Å². The van der Waals surface area contributed by atoms with Gasteiger partial charge in [0.2, 0.25) is 11.8 Å². The van der Waals surface area contributed by atoms with E-state index >= 15 is 4.39 Å². The normalized spacial score (nSPS) is 12.3. The number of aromatic amines is 1. The molecule has 0 radical (unpaired) electrons. The minimum absolute atomic E-state index is 0.00435. The van der Waals surface area contributed by atoms with E-state index in [-0.39, 0.29) is 106 Å². The molecule has 0 spiro atoms. The summed E-state index contributed by atoms with van der Waals surface area (Å²) >= 11 is 0.